The van der Waals surface area contributed by atoms with Crippen LogP contribution in [0.25, 0.3) is 0 Å². The van der Waals surface area contributed by atoms with Crippen molar-refractivity contribution >= 4 is 5.97 Å². The first kappa shape index (κ1) is 10.6. The van der Waals surface area contributed by atoms with Gasteiger partial charge in [-0.05, 0) is 30.6 Å². The van der Waals surface area contributed by atoms with Crippen molar-refractivity contribution < 1.29 is 9.53 Å². The minimum absolute atomic E-state index is 0.0493. The quantitative estimate of drug-likeness (QED) is 0.617. The first-order chi connectivity index (χ1) is 6.13. The molecule has 13 heavy (non-hydrogen) atoms. The Balaban J connectivity index is 2.33. The predicted octanol–water partition coefficient (Wildman–Crippen LogP) is 2.62. The third kappa shape index (κ3) is 3.02. The van der Waals surface area contributed by atoms with Gasteiger partial charge < -0.3 is 4.74 Å². The Kier molecular flexibility index (Phi) is 3.76. The van der Waals surface area contributed by atoms with E-state index in [4.69, 9.17) is 0 Å². The van der Waals surface area contributed by atoms with Crippen LogP contribution in [0.4, 0.5) is 0 Å². The SMILES string of the molecule is COC(=O)CC1CCC(C)C(C)C1. The van der Waals surface area contributed by atoms with Gasteiger partial charge in [0.15, 0.2) is 0 Å². The van der Waals surface area contributed by atoms with Crippen molar-refractivity contribution in [3.8, 4) is 0 Å². The number of hydrogen-bond donors (Lipinski definition) is 0. The van der Waals surface area contributed by atoms with Crippen molar-refractivity contribution in [1.82, 2.24) is 0 Å². The fraction of sp³-hybridized carbons (Fsp3) is 0.909. The molecule has 1 rings (SSSR count). The molecule has 0 bridgehead atoms. The molecule has 0 radical (unpaired) electrons. The Hall–Kier alpha value is -0.530. The number of carbonyl (C=O) groups excluding carboxylic acids is 1. The Morgan fingerprint density at radius 1 is 1.31 bits per heavy atom. The average Bonchev–Trinajstić information content (AvgIpc) is 2.11. The number of rotatable bonds is 2. The lowest BCUT2D eigenvalue weighted by Crippen LogP contribution is -2.22. The lowest BCUT2D eigenvalue weighted by Gasteiger charge is -2.31. The highest BCUT2D eigenvalue weighted by atomic mass is 16.5. The maximum atomic E-state index is 11.0. The summed E-state index contributed by atoms with van der Waals surface area (Å²) >= 11 is 0. The van der Waals surface area contributed by atoms with Crippen LogP contribution in [0.2, 0.25) is 0 Å². The van der Waals surface area contributed by atoms with Gasteiger partial charge in [0.2, 0.25) is 0 Å². The number of methoxy groups -OCH3 is 1. The van der Waals surface area contributed by atoms with Crippen LogP contribution in [0.1, 0.15) is 39.5 Å². The summed E-state index contributed by atoms with van der Waals surface area (Å²) in [7, 11) is 1.47. The van der Waals surface area contributed by atoms with E-state index in [1.165, 1.54) is 26.4 Å². The molecular weight excluding hydrogens is 164 g/mol. The Morgan fingerprint density at radius 2 is 2.00 bits per heavy atom. The molecule has 0 N–H and O–H groups in total. The average molecular weight is 184 g/mol. The third-order valence-corrected chi connectivity index (χ3v) is 3.39. The van der Waals surface area contributed by atoms with Crippen molar-refractivity contribution in [3.05, 3.63) is 0 Å². The van der Waals surface area contributed by atoms with Gasteiger partial charge in [-0.25, -0.2) is 0 Å². The summed E-state index contributed by atoms with van der Waals surface area (Å²) in [4.78, 5) is 11.0. The lowest BCUT2D eigenvalue weighted by atomic mass is 9.75. The molecule has 76 valence electrons. The molecule has 0 heterocycles. The van der Waals surface area contributed by atoms with Gasteiger partial charge in [0, 0.05) is 6.42 Å². The summed E-state index contributed by atoms with van der Waals surface area (Å²) in [5.74, 6) is 2.11. The molecule has 2 nitrogen and oxygen atoms in total. The molecule has 0 aromatic carbocycles. The zero-order chi connectivity index (χ0) is 9.84. The van der Waals surface area contributed by atoms with E-state index < -0.39 is 0 Å². The van der Waals surface area contributed by atoms with Crippen LogP contribution >= 0.6 is 0 Å². The van der Waals surface area contributed by atoms with Gasteiger partial charge in [-0.1, -0.05) is 20.3 Å². The second kappa shape index (κ2) is 4.64. The number of hydrogen-bond acceptors (Lipinski definition) is 2. The van der Waals surface area contributed by atoms with Gasteiger partial charge in [-0.2, -0.15) is 0 Å². The summed E-state index contributed by atoms with van der Waals surface area (Å²) in [6, 6.07) is 0. The van der Waals surface area contributed by atoms with E-state index in [1.54, 1.807) is 0 Å². The topological polar surface area (TPSA) is 26.3 Å². The number of ether oxygens (including phenoxy) is 1. The van der Waals surface area contributed by atoms with Crippen LogP contribution in [-0.2, 0) is 9.53 Å². The molecule has 2 heteroatoms. The van der Waals surface area contributed by atoms with Crippen molar-refractivity contribution in [3.63, 3.8) is 0 Å². The van der Waals surface area contributed by atoms with Crippen molar-refractivity contribution in [2.24, 2.45) is 17.8 Å². The van der Waals surface area contributed by atoms with E-state index in [0.717, 1.165) is 11.8 Å². The largest absolute Gasteiger partial charge is 0.469 e. The van der Waals surface area contributed by atoms with Crippen molar-refractivity contribution in [2.45, 2.75) is 39.5 Å². The normalized spacial score (nSPS) is 34.2. The Bertz CT molecular complexity index is 177. The molecule has 3 atom stereocenters. The van der Waals surface area contributed by atoms with Gasteiger partial charge in [-0.15, -0.1) is 0 Å². The molecule has 0 aliphatic heterocycles. The zero-order valence-corrected chi connectivity index (χ0v) is 8.88. The van der Waals surface area contributed by atoms with Crippen molar-refractivity contribution in [1.29, 1.82) is 0 Å². The second-order valence-electron chi connectivity index (χ2n) is 4.41. The molecule has 0 amide bonds. The van der Waals surface area contributed by atoms with E-state index in [-0.39, 0.29) is 5.97 Å². The first-order valence-electron chi connectivity index (χ1n) is 5.20. The van der Waals surface area contributed by atoms with Gasteiger partial charge >= 0.3 is 5.97 Å². The second-order valence-corrected chi connectivity index (χ2v) is 4.41. The standard InChI is InChI=1S/C11H20O2/c1-8-4-5-10(6-9(8)2)7-11(12)13-3/h8-10H,4-7H2,1-3H3. The van der Waals surface area contributed by atoms with Crippen LogP contribution in [0.15, 0.2) is 0 Å². The van der Waals surface area contributed by atoms with Crippen LogP contribution in [-0.4, -0.2) is 13.1 Å². The van der Waals surface area contributed by atoms with E-state index >= 15 is 0 Å². The zero-order valence-electron chi connectivity index (χ0n) is 8.88. The van der Waals surface area contributed by atoms with Crippen LogP contribution in [0, 0.1) is 17.8 Å². The molecule has 0 saturated heterocycles. The molecule has 3 unspecified atom stereocenters. The minimum atomic E-state index is -0.0493. The maximum absolute atomic E-state index is 11.0. The Labute approximate surface area is 80.7 Å². The summed E-state index contributed by atoms with van der Waals surface area (Å²) in [5.41, 5.74) is 0. The highest BCUT2D eigenvalue weighted by Crippen LogP contribution is 2.34. The summed E-state index contributed by atoms with van der Waals surface area (Å²) < 4.78 is 4.68. The van der Waals surface area contributed by atoms with Gasteiger partial charge in [0.1, 0.15) is 0 Å². The molecule has 1 saturated carbocycles. The van der Waals surface area contributed by atoms with E-state index in [2.05, 4.69) is 18.6 Å². The highest BCUT2D eigenvalue weighted by Gasteiger charge is 2.26. The fourth-order valence-electron chi connectivity index (χ4n) is 2.16. The van der Waals surface area contributed by atoms with Gasteiger partial charge in [0.25, 0.3) is 0 Å². The van der Waals surface area contributed by atoms with E-state index in [0.29, 0.717) is 12.3 Å². The first-order valence-corrected chi connectivity index (χ1v) is 5.20. The molecule has 1 fully saturated rings. The third-order valence-electron chi connectivity index (χ3n) is 3.39. The molecule has 0 aromatic rings. The van der Waals surface area contributed by atoms with Crippen LogP contribution in [0.5, 0.6) is 0 Å². The Morgan fingerprint density at radius 3 is 2.54 bits per heavy atom. The molecule has 1 aliphatic carbocycles. The predicted molar refractivity (Wildman–Crippen MR) is 52.3 cm³/mol. The monoisotopic (exact) mass is 184 g/mol. The van der Waals surface area contributed by atoms with Crippen LogP contribution in [0.3, 0.4) is 0 Å². The minimum Gasteiger partial charge on any atom is -0.469 e. The molecule has 0 aromatic heterocycles. The summed E-state index contributed by atoms with van der Waals surface area (Å²) in [6.45, 7) is 4.59. The lowest BCUT2D eigenvalue weighted by molar-refractivity contribution is -0.142. The smallest absolute Gasteiger partial charge is 0.305 e. The van der Waals surface area contributed by atoms with E-state index in [9.17, 15) is 4.79 Å². The van der Waals surface area contributed by atoms with Gasteiger partial charge in [0.05, 0.1) is 7.11 Å². The maximum Gasteiger partial charge on any atom is 0.305 e. The van der Waals surface area contributed by atoms with Gasteiger partial charge in [-0.3, -0.25) is 4.79 Å². The fourth-order valence-corrected chi connectivity index (χ4v) is 2.16. The summed E-state index contributed by atoms with van der Waals surface area (Å²) in [5, 5.41) is 0. The van der Waals surface area contributed by atoms with Crippen LogP contribution < -0.4 is 0 Å². The molecule has 1 aliphatic rings. The van der Waals surface area contributed by atoms with Crippen molar-refractivity contribution in [2.75, 3.05) is 7.11 Å². The molecular formula is C11H20O2. The summed E-state index contributed by atoms with van der Waals surface area (Å²) in [6.07, 6.45) is 4.27. The number of carbonyl (C=O) groups is 1. The number of esters is 1. The molecule has 0 spiro atoms. The van der Waals surface area contributed by atoms with E-state index in [1.807, 2.05) is 0 Å². The highest BCUT2D eigenvalue weighted by molar-refractivity contribution is 5.69.